The van der Waals surface area contributed by atoms with Crippen LogP contribution in [0.4, 0.5) is 5.69 Å². The van der Waals surface area contributed by atoms with Crippen LogP contribution >= 0.6 is 0 Å². The highest BCUT2D eigenvalue weighted by molar-refractivity contribution is 7.92. The molecule has 0 aromatic heterocycles. The Morgan fingerprint density at radius 2 is 1.46 bits per heavy atom. The quantitative estimate of drug-likeness (QED) is 0.327. The summed E-state index contributed by atoms with van der Waals surface area (Å²) in [6, 6.07) is 24.6. The fourth-order valence-corrected chi connectivity index (χ4v) is 5.04. The number of carbonyl (C=O) groups is 2. The molecular weight excluding hydrogens is 514 g/mol. The summed E-state index contributed by atoms with van der Waals surface area (Å²) >= 11 is 0. The first kappa shape index (κ1) is 29.7. The van der Waals surface area contributed by atoms with Gasteiger partial charge in [-0.15, -0.1) is 0 Å². The number of hydrogen-bond acceptors (Lipinski definition) is 5. The van der Waals surface area contributed by atoms with Crippen LogP contribution in [0.25, 0.3) is 0 Å². The van der Waals surface area contributed by atoms with Gasteiger partial charge in [-0.25, -0.2) is 8.42 Å². The third-order valence-electron chi connectivity index (χ3n) is 6.13. The Morgan fingerprint density at radius 1 is 0.872 bits per heavy atom. The predicted octanol–water partition coefficient (Wildman–Crippen LogP) is 4.02. The van der Waals surface area contributed by atoms with Gasteiger partial charge in [0.05, 0.1) is 18.6 Å². The van der Waals surface area contributed by atoms with Crippen LogP contribution in [-0.2, 0) is 32.6 Å². The number of benzene rings is 3. The summed E-state index contributed by atoms with van der Waals surface area (Å²) in [5, 5.41) is 2.93. The molecule has 1 atom stereocenters. The summed E-state index contributed by atoms with van der Waals surface area (Å²) in [6.07, 6.45) is 2.10. The minimum atomic E-state index is -3.82. The Hall–Kier alpha value is -3.85. The number of carbonyl (C=O) groups excluding carboxylic acids is 2. The molecule has 0 aliphatic heterocycles. The van der Waals surface area contributed by atoms with Crippen LogP contribution < -0.4 is 14.4 Å². The standard InChI is InChI=1S/C30H37N3O5S/c1-4-20-31-30(35)28(21-24-12-8-6-9-13-24)32(22-25-14-10-7-11-15-25)29(34)23-33(39(3,36)37)26-16-18-27(19-17-26)38-5-2/h6-19,28H,4-5,20-23H2,1-3H3,(H,31,35)/t28-/m1/s1. The van der Waals surface area contributed by atoms with E-state index < -0.39 is 28.5 Å². The zero-order valence-electron chi connectivity index (χ0n) is 22.7. The van der Waals surface area contributed by atoms with Crippen molar-refractivity contribution in [2.75, 3.05) is 30.3 Å². The predicted molar refractivity (Wildman–Crippen MR) is 154 cm³/mol. The van der Waals surface area contributed by atoms with E-state index in [0.717, 1.165) is 28.1 Å². The van der Waals surface area contributed by atoms with Crippen molar-refractivity contribution < 1.29 is 22.7 Å². The van der Waals surface area contributed by atoms with Crippen molar-refractivity contribution in [1.29, 1.82) is 0 Å². The molecule has 0 spiro atoms. The lowest BCUT2D eigenvalue weighted by Crippen LogP contribution is -2.53. The number of ether oxygens (including phenoxy) is 1. The smallest absolute Gasteiger partial charge is 0.244 e. The van der Waals surface area contributed by atoms with Gasteiger partial charge in [-0.1, -0.05) is 67.6 Å². The van der Waals surface area contributed by atoms with Gasteiger partial charge >= 0.3 is 0 Å². The first-order valence-corrected chi connectivity index (χ1v) is 14.9. The Bertz CT molecular complexity index is 1300. The van der Waals surface area contributed by atoms with E-state index in [-0.39, 0.29) is 18.9 Å². The van der Waals surface area contributed by atoms with Crippen LogP contribution in [0.15, 0.2) is 84.9 Å². The van der Waals surface area contributed by atoms with Crippen molar-refractivity contribution in [3.63, 3.8) is 0 Å². The summed E-state index contributed by atoms with van der Waals surface area (Å²) in [6.45, 7) is 4.47. The van der Waals surface area contributed by atoms with E-state index in [1.807, 2.05) is 74.5 Å². The Labute approximate surface area is 231 Å². The molecule has 3 rings (SSSR count). The molecule has 3 aromatic carbocycles. The first-order valence-electron chi connectivity index (χ1n) is 13.1. The number of sulfonamides is 1. The van der Waals surface area contributed by atoms with Gasteiger partial charge in [-0.3, -0.25) is 13.9 Å². The van der Waals surface area contributed by atoms with Crippen LogP contribution in [0.1, 0.15) is 31.4 Å². The topological polar surface area (TPSA) is 96.0 Å². The third-order valence-corrected chi connectivity index (χ3v) is 7.27. The molecule has 208 valence electrons. The van der Waals surface area contributed by atoms with Crippen molar-refractivity contribution in [2.45, 2.75) is 39.3 Å². The molecule has 0 fully saturated rings. The molecule has 1 N–H and O–H groups in total. The summed E-state index contributed by atoms with van der Waals surface area (Å²) < 4.78 is 32.2. The average Bonchev–Trinajstić information content (AvgIpc) is 2.93. The highest BCUT2D eigenvalue weighted by atomic mass is 32.2. The van der Waals surface area contributed by atoms with Gasteiger partial charge in [0.2, 0.25) is 21.8 Å². The van der Waals surface area contributed by atoms with Gasteiger partial charge < -0.3 is 15.0 Å². The Balaban J connectivity index is 1.99. The molecule has 0 radical (unpaired) electrons. The molecule has 0 heterocycles. The van der Waals surface area contributed by atoms with E-state index in [1.54, 1.807) is 24.3 Å². The van der Waals surface area contributed by atoms with Crippen molar-refractivity contribution in [3.8, 4) is 5.75 Å². The van der Waals surface area contributed by atoms with Crippen LogP contribution in [0.3, 0.4) is 0 Å². The average molecular weight is 552 g/mol. The van der Waals surface area contributed by atoms with Gasteiger partial charge in [-0.2, -0.15) is 0 Å². The fraction of sp³-hybridized carbons (Fsp3) is 0.333. The maximum absolute atomic E-state index is 14.0. The molecule has 2 amide bonds. The molecule has 9 heteroatoms. The van der Waals surface area contributed by atoms with Crippen molar-refractivity contribution in [2.24, 2.45) is 0 Å². The normalized spacial score (nSPS) is 11.9. The van der Waals surface area contributed by atoms with Crippen LogP contribution in [0.5, 0.6) is 5.75 Å². The van der Waals surface area contributed by atoms with Crippen molar-refractivity contribution >= 4 is 27.5 Å². The molecule has 3 aromatic rings. The molecule has 0 saturated heterocycles. The number of nitrogens with zero attached hydrogens (tertiary/aromatic N) is 2. The van der Waals surface area contributed by atoms with E-state index in [4.69, 9.17) is 4.74 Å². The summed E-state index contributed by atoms with van der Waals surface area (Å²) in [5.41, 5.74) is 2.06. The lowest BCUT2D eigenvalue weighted by Gasteiger charge is -2.33. The Morgan fingerprint density at radius 3 is 2.00 bits per heavy atom. The number of amides is 2. The van der Waals surface area contributed by atoms with Gasteiger partial charge in [-0.05, 0) is 48.7 Å². The van der Waals surface area contributed by atoms with Crippen LogP contribution in [0.2, 0.25) is 0 Å². The highest BCUT2D eigenvalue weighted by Crippen LogP contribution is 2.23. The Kier molecular flexibility index (Phi) is 10.9. The van der Waals surface area contributed by atoms with Gasteiger partial charge in [0.25, 0.3) is 0 Å². The molecule has 0 unspecified atom stereocenters. The van der Waals surface area contributed by atoms with E-state index in [0.29, 0.717) is 24.6 Å². The van der Waals surface area contributed by atoms with E-state index >= 15 is 0 Å². The maximum atomic E-state index is 14.0. The molecular formula is C30H37N3O5S. The van der Waals surface area contributed by atoms with Crippen molar-refractivity contribution in [1.82, 2.24) is 10.2 Å². The second kappa shape index (κ2) is 14.3. The lowest BCUT2D eigenvalue weighted by molar-refractivity contribution is -0.140. The number of nitrogens with one attached hydrogen (secondary N) is 1. The van der Waals surface area contributed by atoms with Gasteiger partial charge in [0.15, 0.2) is 0 Å². The third kappa shape index (κ3) is 8.85. The van der Waals surface area contributed by atoms with Crippen molar-refractivity contribution in [3.05, 3.63) is 96.1 Å². The number of anilines is 1. The fourth-order valence-electron chi connectivity index (χ4n) is 4.19. The number of hydrogen-bond donors (Lipinski definition) is 1. The summed E-state index contributed by atoms with van der Waals surface area (Å²) in [5.74, 6) is -0.162. The summed E-state index contributed by atoms with van der Waals surface area (Å²) in [4.78, 5) is 28.9. The van der Waals surface area contributed by atoms with Gasteiger partial charge in [0.1, 0.15) is 18.3 Å². The zero-order valence-corrected chi connectivity index (χ0v) is 23.6. The lowest BCUT2D eigenvalue weighted by atomic mass is 10.0. The monoisotopic (exact) mass is 551 g/mol. The zero-order chi connectivity index (χ0) is 28.3. The van der Waals surface area contributed by atoms with Crippen LogP contribution in [0, 0.1) is 0 Å². The highest BCUT2D eigenvalue weighted by Gasteiger charge is 2.32. The number of rotatable bonds is 14. The first-order chi connectivity index (χ1) is 18.7. The largest absolute Gasteiger partial charge is 0.494 e. The second-order valence-corrected chi connectivity index (χ2v) is 11.1. The van der Waals surface area contributed by atoms with E-state index in [2.05, 4.69) is 5.32 Å². The summed E-state index contributed by atoms with van der Waals surface area (Å²) in [7, 11) is -3.82. The molecule has 0 aliphatic carbocycles. The van der Waals surface area contributed by atoms with E-state index in [1.165, 1.54) is 4.90 Å². The van der Waals surface area contributed by atoms with E-state index in [9.17, 15) is 18.0 Å². The van der Waals surface area contributed by atoms with Gasteiger partial charge in [0, 0.05) is 19.5 Å². The minimum Gasteiger partial charge on any atom is -0.494 e. The SMILES string of the molecule is CCCNC(=O)[C@@H](Cc1ccccc1)N(Cc1ccccc1)C(=O)CN(c1ccc(OCC)cc1)S(C)(=O)=O. The molecule has 8 nitrogen and oxygen atoms in total. The maximum Gasteiger partial charge on any atom is 0.244 e. The second-order valence-electron chi connectivity index (χ2n) is 9.20. The molecule has 39 heavy (non-hydrogen) atoms. The minimum absolute atomic E-state index is 0.150. The molecule has 0 aliphatic rings. The molecule has 0 bridgehead atoms. The van der Waals surface area contributed by atoms with Crippen LogP contribution in [-0.4, -0.2) is 57.1 Å². The molecule has 0 saturated carbocycles.